The SMILES string of the molecule is CSC(=S)N/N=C(\C)c1ccccn1.Cl.[Cu+2]. The van der Waals surface area contributed by atoms with Crippen molar-refractivity contribution in [2.75, 3.05) is 6.26 Å². The van der Waals surface area contributed by atoms with Crippen molar-refractivity contribution in [2.45, 2.75) is 6.92 Å². The summed E-state index contributed by atoms with van der Waals surface area (Å²) >= 11 is 6.40. The van der Waals surface area contributed by atoms with E-state index in [0.29, 0.717) is 4.32 Å². The Labute approximate surface area is 122 Å². The van der Waals surface area contributed by atoms with Crippen LogP contribution in [0.2, 0.25) is 0 Å². The van der Waals surface area contributed by atoms with Gasteiger partial charge in [0.2, 0.25) is 0 Å². The average Bonchev–Trinajstić information content (AvgIpc) is 2.26. The first-order valence-electron chi connectivity index (χ1n) is 4.03. The van der Waals surface area contributed by atoms with Crippen LogP contribution < -0.4 is 5.43 Å². The van der Waals surface area contributed by atoms with E-state index in [-0.39, 0.29) is 29.5 Å². The molecule has 1 heterocycles. The number of hydrazone groups is 1. The van der Waals surface area contributed by atoms with Crippen molar-refractivity contribution in [2.24, 2.45) is 5.10 Å². The molecule has 0 aliphatic carbocycles. The quantitative estimate of drug-likeness (QED) is 0.392. The molecule has 0 amide bonds. The third-order valence-corrected chi connectivity index (χ3v) is 2.59. The van der Waals surface area contributed by atoms with Gasteiger partial charge in [-0.25, -0.2) is 0 Å². The van der Waals surface area contributed by atoms with E-state index in [0.717, 1.165) is 11.4 Å². The summed E-state index contributed by atoms with van der Waals surface area (Å²) in [5.74, 6) is 0. The van der Waals surface area contributed by atoms with Gasteiger partial charge in [-0.2, -0.15) is 5.10 Å². The minimum absolute atomic E-state index is 0. The summed E-state index contributed by atoms with van der Waals surface area (Å²) in [6.07, 6.45) is 3.64. The number of aromatic nitrogens is 1. The molecule has 1 aromatic heterocycles. The van der Waals surface area contributed by atoms with Crippen LogP contribution in [-0.2, 0) is 17.1 Å². The van der Waals surface area contributed by atoms with Gasteiger partial charge in [0, 0.05) is 6.20 Å². The molecular weight excluding hydrogens is 313 g/mol. The Morgan fingerprint density at radius 2 is 2.19 bits per heavy atom. The second kappa shape index (κ2) is 10.1. The number of nitrogens with one attached hydrogen (secondary N) is 1. The second-order valence-corrected chi connectivity index (χ2v) is 4.00. The van der Waals surface area contributed by atoms with Gasteiger partial charge in [0.25, 0.3) is 0 Å². The summed E-state index contributed by atoms with van der Waals surface area (Å²) in [6.45, 7) is 1.89. The standard InChI is InChI=1S/C9H11N3S2.ClH.Cu/c1-7(11-12-9(13)14-2)8-5-3-4-6-10-8;;/h3-6H,1-2H3,(H,12,13);1H;/q;;+2/b11-7+;;. The summed E-state index contributed by atoms with van der Waals surface area (Å²) in [6, 6.07) is 5.70. The molecule has 7 heteroatoms. The first kappa shape index (κ1) is 18.2. The van der Waals surface area contributed by atoms with Crippen LogP contribution >= 0.6 is 36.4 Å². The number of rotatable bonds is 2. The van der Waals surface area contributed by atoms with Crippen molar-refractivity contribution in [1.29, 1.82) is 0 Å². The fraction of sp³-hybridized carbons (Fsp3) is 0.222. The van der Waals surface area contributed by atoms with Crippen molar-refractivity contribution >= 4 is 46.4 Å². The van der Waals surface area contributed by atoms with Crippen LogP contribution in [-0.4, -0.2) is 21.3 Å². The van der Waals surface area contributed by atoms with Crippen LogP contribution in [0.5, 0.6) is 0 Å². The Bertz CT molecular complexity index is 346. The monoisotopic (exact) mass is 324 g/mol. The topological polar surface area (TPSA) is 37.3 Å². The molecule has 3 nitrogen and oxygen atoms in total. The Hall–Kier alpha value is -0.131. The molecule has 1 N–H and O–H groups in total. The third kappa shape index (κ3) is 6.45. The Balaban J connectivity index is 0. The van der Waals surface area contributed by atoms with Gasteiger partial charge in [-0.15, -0.1) is 12.4 Å². The summed E-state index contributed by atoms with van der Waals surface area (Å²) in [4.78, 5) is 4.16. The van der Waals surface area contributed by atoms with Crippen molar-refractivity contribution in [3.63, 3.8) is 0 Å². The smallest absolute Gasteiger partial charge is 0.262 e. The number of thioether (sulfide) groups is 1. The van der Waals surface area contributed by atoms with Crippen LogP contribution in [0, 0.1) is 0 Å². The van der Waals surface area contributed by atoms with E-state index in [9.17, 15) is 0 Å². The summed E-state index contributed by atoms with van der Waals surface area (Å²) in [7, 11) is 0. The van der Waals surface area contributed by atoms with Crippen LogP contribution in [0.1, 0.15) is 12.6 Å². The molecule has 0 aliphatic rings. The third-order valence-electron chi connectivity index (χ3n) is 1.54. The number of halogens is 1. The van der Waals surface area contributed by atoms with Crippen LogP contribution in [0.15, 0.2) is 29.5 Å². The van der Waals surface area contributed by atoms with E-state index in [4.69, 9.17) is 12.2 Å². The molecule has 1 radical (unpaired) electrons. The molecule has 0 saturated heterocycles. The van der Waals surface area contributed by atoms with E-state index in [1.807, 2.05) is 31.4 Å². The largest absolute Gasteiger partial charge is 2.00 e. The van der Waals surface area contributed by atoms with Crippen molar-refractivity contribution < 1.29 is 17.1 Å². The zero-order valence-corrected chi connectivity index (χ0v) is 12.1. The normalized spacial score (nSPS) is 9.75. The number of hydrogen-bond acceptors (Lipinski definition) is 4. The van der Waals surface area contributed by atoms with E-state index in [1.54, 1.807) is 6.20 Å². The molecule has 0 spiro atoms. The van der Waals surface area contributed by atoms with Gasteiger partial charge in [0.15, 0.2) is 4.32 Å². The first-order valence-corrected chi connectivity index (χ1v) is 5.67. The van der Waals surface area contributed by atoms with E-state index < -0.39 is 0 Å². The van der Waals surface area contributed by atoms with Gasteiger partial charge in [-0.1, -0.05) is 30.0 Å². The predicted octanol–water partition coefficient (Wildman–Crippen LogP) is 2.46. The Morgan fingerprint density at radius 3 is 2.69 bits per heavy atom. The number of hydrogen-bond donors (Lipinski definition) is 1. The zero-order valence-electron chi connectivity index (χ0n) is 8.73. The minimum atomic E-state index is 0. The Kier molecular flexibility index (Phi) is 11.5. The number of pyridine rings is 1. The zero-order chi connectivity index (χ0) is 10.4. The molecule has 1 aromatic rings. The Morgan fingerprint density at radius 1 is 1.50 bits per heavy atom. The summed E-state index contributed by atoms with van der Waals surface area (Å²) < 4.78 is 0.653. The molecule has 0 saturated carbocycles. The molecule has 0 bridgehead atoms. The maximum absolute atomic E-state index is 4.95. The molecule has 0 fully saturated rings. The molecule has 0 atom stereocenters. The van der Waals surface area contributed by atoms with E-state index in [1.165, 1.54) is 11.8 Å². The molecule has 0 unspecified atom stereocenters. The van der Waals surface area contributed by atoms with Crippen LogP contribution in [0.3, 0.4) is 0 Å². The van der Waals surface area contributed by atoms with Crippen molar-refractivity contribution in [3.8, 4) is 0 Å². The minimum Gasteiger partial charge on any atom is -0.262 e. The molecule has 1 rings (SSSR count). The fourth-order valence-corrected chi connectivity index (χ4v) is 0.992. The van der Waals surface area contributed by atoms with Crippen molar-refractivity contribution in [3.05, 3.63) is 30.1 Å². The maximum Gasteiger partial charge on any atom is 2.00 e. The fourth-order valence-electron chi connectivity index (χ4n) is 0.809. The van der Waals surface area contributed by atoms with Crippen LogP contribution in [0.4, 0.5) is 0 Å². The van der Waals surface area contributed by atoms with E-state index in [2.05, 4.69) is 15.5 Å². The van der Waals surface area contributed by atoms with Gasteiger partial charge in [-0.3, -0.25) is 10.4 Å². The van der Waals surface area contributed by atoms with Gasteiger partial charge in [0.05, 0.1) is 11.4 Å². The second-order valence-electron chi connectivity index (χ2n) is 2.52. The van der Waals surface area contributed by atoms with Gasteiger partial charge in [-0.05, 0) is 25.3 Å². The maximum atomic E-state index is 4.95. The van der Waals surface area contributed by atoms with E-state index >= 15 is 0 Å². The molecular formula is C9H12ClCuN3S2+2. The molecule has 16 heavy (non-hydrogen) atoms. The summed E-state index contributed by atoms with van der Waals surface area (Å²) in [5.41, 5.74) is 4.45. The van der Waals surface area contributed by atoms with Crippen LogP contribution in [0.25, 0.3) is 0 Å². The van der Waals surface area contributed by atoms with Gasteiger partial charge >= 0.3 is 17.1 Å². The number of nitrogens with zero attached hydrogens (tertiary/aromatic N) is 2. The first-order chi connectivity index (χ1) is 6.74. The predicted molar refractivity (Wildman–Crippen MR) is 72.9 cm³/mol. The molecule has 0 aliphatic heterocycles. The molecule has 0 aromatic carbocycles. The van der Waals surface area contributed by atoms with Gasteiger partial charge in [0.1, 0.15) is 0 Å². The average molecular weight is 325 g/mol. The molecule has 91 valence electrons. The van der Waals surface area contributed by atoms with Crippen molar-refractivity contribution in [1.82, 2.24) is 10.4 Å². The summed E-state index contributed by atoms with van der Waals surface area (Å²) in [5, 5.41) is 4.11. The number of thiocarbonyl (C=S) groups is 1. The van der Waals surface area contributed by atoms with Gasteiger partial charge < -0.3 is 0 Å².